The Morgan fingerprint density at radius 3 is 2.58 bits per heavy atom. The molecule has 0 aliphatic heterocycles. The number of halogens is 3. The second-order valence-corrected chi connectivity index (χ2v) is 4.76. The van der Waals surface area contributed by atoms with Gasteiger partial charge in [0.1, 0.15) is 5.82 Å². The zero-order valence-corrected chi connectivity index (χ0v) is 10.6. The molecule has 2 N–H and O–H groups in total. The predicted octanol–water partition coefficient (Wildman–Crippen LogP) is 3.01. The molecule has 0 saturated carbocycles. The highest BCUT2D eigenvalue weighted by Gasteiger charge is 2.34. The summed E-state index contributed by atoms with van der Waals surface area (Å²) in [6, 6.07) is 2.13. The van der Waals surface area contributed by atoms with Gasteiger partial charge < -0.3 is 10.4 Å². The van der Waals surface area contributed by atoms with Gasteiger partial charge in [0.05, 0.1) is 11.0 Å². The molecule has 0 spiro atoms. The fraction of sp³-hybridized carbons (Fsp3) is 0.500. The number of aromatic nitrogens is 1. The number of anilines is 1. The van der Waals surface area contributed by atoms with Crippen molar-refractivity contribution in [1.82, 2.24) is 4.98 Å². The lowest BCUT2D eigenvalue weighted by Gasteiger charge is -2.20. The Morgan fingerprint density at radius 2 is 2.05 bits per heavy atom. The number of rotatable bonds is 5. The van der Waals surface area contributed by atoms with Crippen LogP contribution >= 0.6 is 0 Å². The largest absolute Gasteiger partial charge is 0.481 e. The number of pyridine rings is 1. The molecule has 0 amide bonds. The first-order valence-electron chi connectivity index (χ1n) is 5.64. The summed E-state index contributed by atoms with van der Waals surface area (Å²) in [4.78, 5) is 14.5. The normalized spacial score (nSPS) is 12.3. The van der Waals surface area contributed by atoms with Crippen molar-refractivity contribution in [2.75, 3.05) is 11.9 Å². The van der Waals surface area contributed by atoms with E-state index >= 15 is 0 Å². The van der Waals surface area contributed by atoms with Crippen LogP contribution in [0.15, 0.2) is 18.3 Å². The summed E-state index contributed by atoms with van der Waals surface area (Å²) >= 11 is 0. The summed E-state index contributed by atoms with van der Waals surface area (Å²) in [5.74, 6) is -1.28. The second kappa shape index (κ2) is 5.46. The van der Waals surface area contributed by atoms with E-state index in [9.17, 15) is 18.0 Å². The SMILES string of the molecule is CC(C)(CCNc1ncccc1C(F)(F)F)C(=O)O. The van der Waals surface area contributed by atoms with E-state index in [2.05, 4.69) is 10.3 Å². The fourth-order valence-electron chi connectivity index (χ4n) is 1.38. The zero-order valence-electron chi connectivity index (χ0n) is 10.6. The number of carbonyl (C=O) groups is 1. The summed E-state index contributed by atoms with van der Waals surface area (Å²) in [5, 5.41) is 11.4. The summed E-state index contributed by atoms with van der Waals surface area (Å²) < 4.78 is 38.0. The van der Waals surface area contributed by atoms with Gasteiger partial charge in [0.2, 0.25) is 0 Å². The van der Waals surface area contributed by atoms with Crippen LogP contribution in [0.1, 0.15) is 25.8 Å². The minimum Gasteiger partial charge on any atom is -0.481 e. The number of carboxylic acid groups (broad SMARTS) is 1. The molecular weight excluding hydrogens is 261 g/mol. The maximum Gasteiger partial charge on any atom is 0.419 e. The molecule has 1 heterocycles. The van der Waals surface area contributed by atoms with Gasteiger partial charge in [-0.3, -0.25) is 4.79 Å². The molecule has 0 aliphatic rings. The van der Waals surface area contributed by atoms with Crippen molar-refractivity contribution in [2.24, 2.45) is 5.41 Å². The van der Waals surface area contributed by atoms with E-state index in [0.29, 0.717) is 0 Å². The standard InChI is InChI=1S/C12H15F3N2O2/c1-11(2,10(18)19)5-7-17-9-8(12(13,14)15)4-3-6-16-9/h3-4,6H,5,7H2,1-2H3,(H,16,17)(H,18,19). The molecule has 0 aromatic carbocycles. The van der Waals surface area contributed by atoms with Crippen molar-refractivity contribution < 1.29 is 23.1 Å². The van der Waals surface area contributed by atoms with Crippen molar-refractivity contribution in [3.8, 4) is 0 Å². The molecule has 1 aromatic heterocycles. The van der Waals surface area contributed by atoms with E-state index in [1.165, 1.54) is 26.1 Å². The Labute approximate surface area is 108 Å². The van der Waals surface area contributed by atoms with Gasteiger partial charge in [-0.05, 0) is 32.4 Å². The molecule has 106 valence electrons. The number of aliphatic carboxylic acids is 1. The van der Waals surface area contributed by atoms with Crippen LogP contribution in [0.4, 0.5) is 19.0 Å². The first-order valence-corrected chi connectivity index (χ1v) is 5.64. The summed E-state index contributed by atoms with van der Waals surface area (Å²) in [6.45, 7) is 3.12. The van der Waals surface area contributed by atoms with Crippen molar-refractivity contribution >= 4 is 11.8 Å². The third kappa shape index (κ3) is 4.11. The number of nitrogens with one attached hydrogen (secondary N) is 1. The third-order valence-electron chi connectivity index (χ3n) is 2.73. The molecular formula is C12H15F3N2O2. The molecule has 19 heavy (non-hydrogen) atoms. The topological polar surface area (TPSA) is 62.2 Å². The van der Waals surface area contributed by atoms with Crippen LogP contribution < -0.4 is 5.32 Å². The van der Waals surface area contributed by atoms with Gasteiger partial charge in [-0.1, -0.05) is 0 Å². The van der Waals surface area contributed by atoms with Gasteiger partial charge in [0.25, 0.3) is 0 Å². The number of alkyl halides is 3. The quantitative estimate of drug-likeness (QED) is 0.867. The van der Waals surface area contributed by atoms with Gasteiger partial charge in [0, 0.05) is 12.7 Å². The van der Waals surface area contributed by atoms with Crippen molar-refractivity contribution in [1.29, 1.82) is 0 Å². The molecule has 0 bridgehead atoms. The molecule has 1 aromatic rings. The minimum absolute atomic E-state index is 0.0966. The van der Waals surface area contributed by atoms with E-state index in [0.717, 1.165) is 6.07 Å². The smallest absolute Gasteiger partial charge is 0.419 e. The van der Waals surface area contributed by atoms with Gasteiger partial charge in [-0.2, -0.15) is 13.2 Å². The van der Waals surface area contributed by atoms with Crippen LogP contribution in [-0.2, 0) is 11.0 Å². The molecule has 0 unspecified atom stereocenters. The molecule has 0 aliphatic carbocycles. The fourth-order valence-corrected chi connectivity index (χ4v) is 1.38. The van der Waals surface area contributed by atoms with Crippen LogP contribution in [0.25, 0.3) is 0 Å². The Morgan fingerprint density at radius 1 is 1.42 bits per heavy atom. The third-order valence-corrected chi connectivity index (χ3v) is 2.73. The molecule has 0 fully saturated rings. The summed E-state index contributed by atoms with van der Waals surface area (Å²) in [7, 11) is 0. The van der Waals surface area contributed by atoms with Crippen molar-refractivity contribution in [2.45, 2.75) is 26.4 Å². The highest BCUT2D eigenvalue weighted by Crippen LogP contribution is 2.33. The van der Waals surface area contributed by atoms with E-state index in [1.54, 1.807) is 0 Å². The van der Waals surface area contributed by atoms with Crippen LogP contribution in [-0.4, -0.2) is 22.6 Å². The monoisotopic (exact) mass is 276 g/mol. The van der Waals surface area contributed by atoms with Crippen LogP contribution in [0.3, 0.4) is 0 Å². The number of hydrogen-bond acceptors (Lipinski definition) is 3. The molecule has 4 nitrogen and oxygen atoms in total. The van der Waals surface area contributed by atoms with Crippen molar-refractivity contribution in [3.63, 3.8) is 0 Å². The van der Waals surface area contributed by atoms with Crippen molar-refractivity contribution in [3.05, 3.63) is 23.9 Å². The highest BCUT2D eigenvalue weighted by atomic mass is 19.4. The summed E-state index contributed by atoms with van der Waals surface area (Å²) in [5.41, 5.74) is -1.86. The Kier molecular flexibility index (Phi) is 4.39. The maximum atomic E-state index is 12.7. The number of carboxylic acids is 1. The Bertz CT molecular complexity index is 459. The lowest BCUT2D eigenvalue weighted by molar-refractivity contribution is -0.147. The Hall–Kier alpha value is -1.79. The number of nitrogens with zero attached hydrogens (tertiary/aromatic N) is 1. The van der Waals surface area contributed by atoms with Crippen LogP contribution in [0.2, 0.25) is 0 Å². The highest BCUT2D eigenvalue weighted by molar-refractivity contribution is 5.73. The first kappa shape index (κ1) is 15.3. The van der Waals surface area contributed by atoms with Gasteiger partial charge in [0.15, 0.2) is 0 Å². The van der Waals surface area contributed by atoms with E-state index < -0.39 is 23.1 Å². The lowest BCUT2D eigenvalue weighted by Crippen LogP contribution is -2.27. The minimum atomic E-state index is -4.49. The van der Waals surface area contributed by atoms with Crippen LogP contribution in [0.5, 0.6) is 0 Å². The van der Waals surface area contributed by atoms with Gasteiger partial charge in [-0.15, -0.1) is 0 Å². The molecule has 1 rings (SSSR count). The zero-order chi connectivity index (χ0) is 14.7. The molecule has 7 heteroatoms. The average molecular weight is 276 g/mol. The van der Waals surface area contributed by atoms with Crippen LogP contribution in [0, 0.1) is 5.41 Å². The van der Waals surface area contributed by atoms with E-state index in [4.69, 9.17) is 5.11 Å². The molecule has 0 saturated heterocycles. The molecule has 0 radical (unpaired) electrons. The molecule has 0 atom stereocenters. The lowest BCUT2D eigenvalue weighted by atomic mass is 9.90. The van der Waals surface area contributed by atoms with Gasteiger partial charge >= 0.3 is 12.1 Å². The first-order chi connectivity index (χ1) is 8.64. The average Bonchev–Trinajstić information content (AvgIpc) is 2.27. The number of hydrogen-bond donors (Lipinski definition) is 2. The van der Waals surface area contributed by atoms with E-state index in [-0.39, 0.29) is 18.8 Å². The van der Waals surface area contributed by atoms with Gasteiger partial charge in [-0.25, -0.2) is 4.98 Å². The van der Waals surface area contributed by atoms with E-state index in [1.807, 2.05) is 0 Å². The maximum absolute atomic E-state index is 12.7. The second-order valence-electron chi connectivity index (χ2n) is 4.76. The Balaban J connectivity index is 2.72. The summed E-state index contributed by atoms with van der Waals surface area (Å²) in [6.07, 6.45) is -3.05. The predicted molar refractivity (Wildman–Crippen MR) is 63.8 cm³/mol.